The predicted molar refractivity (Wildman–Crippen MR) is 159 cm³/mol. The lowest BCUT2D eigenvalue weighted by atomic mass is 10.2. The van der Waals surface area contributed by atoms with Crippen LogP contribution in [0.25, 0.3) is 22.3 Å². The number of rotatable bonds is 6. The van der Waals surface area contributed by atoms with Crippen LogP contribution in [0.4, 0.5) is 5.69 Å². The summed E-state index contributed by atoms with van der Waals surface area (Å²) in [5.74, 6) is -0.259. The summed E-state index contributed by atoms with van der Waals surface area (Å²) in [4.78, 5) is 45.6. The zero-order valence-electron chi connectivity index (χ0n) is 21.8. The lowest BCUT2D eigenvalue weighted by molar-refractivity contribution is -0.115. The number of carbonyl (C=O) groups is 1. The van der Waals surface area contributed by atoms with E-state index in [0.717, 1.165) is 21.8 Å². The fraction of sp³-hybridized carbons (Fsp3) is 0.172. The first-order chi connectivity index (χ1) is 18.7. The number of hydrogen-bond donors (Lipinski definition) is 1. The highest BCUT2D eigenvalue weighted by Gasteiger charge is 2.26. The molecule has 0 spiro atoms. The van der Waals surface area contributed by atoms with E-state index in [2.05, 4.69) is 21.2 Å². The maximum Gasteiger partial charge on any atom is 0.296 e. The highest BCUT2D eigenvalue weighted by Crippen LogP contribution is 2.28. The van der Waals surface area contributed by atoms with Crippen LogP contribution in [0.2, 0.25) is 0 Å². The molecule has 1 unspecified atom stereocenters. The molecular formula is C29H26BrN5O3S. The van der Waals surface area contributed by atoms with Gasteiger partial charge in [-0.3, -0.25) is 19.1 Å². The summed E-state index contributed by atoms with van der Waals surface area (Å²) >= 11 is 4.62. The molecular weight excluding hydrogens is 578 g/mol. The van der Waals surface area contributed by atoms with Crippen LogP contribution in [0.15, 0.2) is 92.0 Å². The van der Waals surface area contributed by atoms with Crippen molar-refractivity contribution in [1.82, 2.24) is 18.9 Å². The van der Waals surface area contributed by atoms with E-state index in [1.54, 1.807) is 49.8 Å². The topological polar surface area (TPSA) is 90.9 Å². The molecule has 198 valence electrons. The number of fused-ring (bicyclic) bond motifs is 1. The maximum atomic E-state index is 13.9. The smallest absolute Gasteiger partial charge is 0.296 e. The second kappa shape index (κ2) is 10.7. The van der Waals surface area contributed by atoms with Gasteiger partial charge in [-0.1, -0.05) is 48.2 Å². The molecule has 0 fully saturated rings. The molecule has 3 aromatic carbocycles. The standard InChI is InChI=1S/C29H26BrN5O3S/c1-17-14-15-24(22(30)16-17)31-26(36)19(3)39-29-32-23-13-9-8-12-21(23)27(37)34(29)25-18(2)33(4)35(28(25)38)20-10-6-5-7-11-20/h5-16,19H,1-4H3,(H,31,36). The third kappa shape index (κ3) is 4.97. The van der Waals surface area contributed by atoms with Gasteiger partial charge in [0.15, 0.2) is 5.16 Å². The predicted octanol–water partition coefficient (Wildman–Crippen LogP) is 5.37. The normalized spacial score (nSPS) is 12.0. The van der Waals surface area contributed by atoms with Crippen molar-refractivity contribution < 1.29 is 4.79 Å². The van der Waals surface area contributed by atoms with Gasteiger partial charge in [0.25, 0.3) is 11.1 Å². The molecule has 0 bridgehead atoms. The first-order valence-corrected chi connectivity index (χ1v) is 13.9. The zero-order chi connectivity index (χ0) is 27.8. The van der Waals surface area contributed by atoms with E-state index in [1.807, 2.05) is 55.5 Å². The van der Waals surface area contributed by atoms with Gasteiger partial charge in [-0.05, 0) is 78.7 Å². The number of carbonyl (C=O) groups excluding carboxylic acids is 1. The summed E-state index contributed by atoms with van der Waals surface area (Å²) in [6, 6.07) is 21.9. The van der Waals surface area contributed by atoms with E-state index < -0.39 is 5.25 Å². The molecule has 10 heteroatoms. The summed E-state index contributed by atoms with van der Waals surface area (Å²) in [5.41, 5.74) is 2.92. The van der Waals surface area contributed by atoms with Crippen molar-refractivity contribution in [2.75, 3.05) is 5.32 Å². The number of amides is 1. The van der Waals surface area contributed by atoms with Crippen molar-refractivity contribution in [2.45, 2.75) is 31.2 Å². The minimum absolute atomic E-state index is 0.195. The van der Waals surface area contributed by atoms with Crippen LogP contribution in [0.5, 0.6) is 0 Å². The summed E-state index contributed by atoms with van der Waals surface area (Å²) in [5, 5.41) is 2.95. The van der Waals surface area contributed by atoms with E-state index in [0.29, 0.717) is 28.0 Å². The Balaban J connectivity index is 1.63. The molecule has 0 saturated heterocycles. The zero-order valence-corrected chi connectivity index (χ0v) is 24.2. The highest BCUT2D eigenvalue weighted by atomic mass is 79.9. The molecule has 0 saturated carbocycles. The number of hydrogen-bond acceptors (Lipinski definition) is 5. The van der Waals surface area contributed by atoms with Crippen molar-refractivity contribution in [3.63, 3.8) is 0 Å². The number of nitrogens with zero attached hydrogens (tertiary/aromatic N) is 4. The van der Waals surface area contributed by atoms with Gasteiger partial charge in [0.05, 0.1) is 33.2 Å². The average Bonchev–Trinajstić information content (AvgIpc) is 3.14. The van der Waals surface area contributed by atoms with Crippen molar-refractivity contribution in [1.29, 1.82) is 0 Å². The Labute approximate surface area is 237 Å². The Morgan fingerprint density at radius 2 is 1.67 bits per heavy atom. The third-order valence-electron chi connectivity index (χ3n) is 6.53. The number of thioether (sulfide) groups is 1. The van der Waals surface area contributed by atoms with Crippen LogP contribution in [-0.4, -0.2) is 30.1 Å². The number of benzene rings is 3. The molecule has 5 aromatic rings. The molecule has 5 rings (SSSR count). The van der Waals surface area contributed by atoms with Crippen LogP contribution < -0.4 is 16.4 Å². The molecule has 0 aliphatic carbocycles. The quantitative estimate of drug-likeness (QED) is 0.208. The largest absolute Gasteiger partial charge is 0.324 e. The Kier molecular flexibility index (Phi) is 7.33. The molecule has 8 nitrogen and oxygen atoms in total. The number of para-hydroxylation sites is 2. The molecule has 2 heterocycles. The summed E-state index contributed by atoms with van der Waals surface area (Å²) < 4.78 is 5.35. The van der Waals surface area contributed by atoms with Gasteiger partial charge in [-0.25, -0.2) is 14.2 Å². The van der Waals surface area contributed by atoms with Crippen molar-refractivity contribution in [2.24, 2.45) is 7.05 Å². The second-order valence-electron chi connectivity index (χ2n) is 9.19. The van der Waals surface area contributed by atoms with Gasteiger partial charge in [0, 0.05) is 11.5 Å². The summed E-state index contributed by atoms with van der Waals surface area (Å²) in [6.45, 7) is 5.50. The molecule has 39 heavy (non-hydrogen) atoms. The number of anilines is 1. The van der Waals surface area contributed by atoms with E-state index in [4.69, 9.17) is 4.98 Å². The Bertz CT molecular complexity index is 1840. The monoisotopic (exact) mass is 603 g/mol. The van der Waals surface area contributed by atoms with E-state index >= 15 is 0 Å². The van der Waals surface area contributed by atoms with Crippen LogP contribution in [0.1, 0.15) is 18.2 Å². The molecule has 1 atom stereocenters. The second-order valence-corrected chi connectivity index (χ2v) is 11.4. The molecule has 2 aromatic heterocycles. The molecule has 0 aliphatic heterocycles. The van der Waals surface area contributed by atoms with Crippen molar-refractivity contribution in [3.8, 4) is 11.4 Å². The Hall–Kier alpha value is -3.89. The lowest BCUT2D eigenvalue weighted by Gasteiger charge is -2.16. The minimum Gasteiger partial charge on any atom is -0.324 e. The SMILES string of the molecule is Cc1ccc(NC(=O)C(C)Sc2nc3ccccc3c(=O)n2-c2c(C)n(C)n(-c3ccccc3)c2=O)c(Br)c1. The van der Waals surface area contributed by atoms with Crippen molar-refractivity contribution in [3.05, 3.63) is 109 Å². The van der Waals surface area contributed by atoms with Crippen molar-refractivity contribution >= 4 is 50.2 Å². The molecule has 0 aliphatic rings. The van der Waals surface area contributed by atoms with Gasteiger partial charge >= 0.3 is 0 Å². The summed E-state index contributed by atoms with van der Waals surface area (Å²) in [6.07, 6.45) is 0. The number of aryl methyl sites for hydroxylation is 1. The Morgan fingerprint density at radius 1 is 0.974 bits per heavy atom. The first kappa shape index (κ1) is 26.7. The summed E-state index contributed by atoms with van der Waals surface area (Å²) in [7, 11) is 1.77. The molecule has 1 N–H and O–H groups in total. The highest BCUT2D eigenvalue weighted by molar-refractivity contribution is 9.10. The van der Waals surface area contributed by atoms with Gasteiger partial charge < -0.3 is 5.32 Å². The lowest BCUT2D eigenvalue weighted by Crippen LogP contribution is -2.30. The van der Waals surface area contributed by atoms with Gasteiger partial charge in [-0.15, -0.1) is 0 Å². The van der Waals surface area contributed by atoms with E-state index in [-0.39, 0.29) is 27.9 Å². The number of aromatic nitrogens is 4. The number of halogens is 1. The van der Waals surface area contributed by atoms with E-state index in [1.165, 1.54) is 9.25 Å². The van der Waals surface area contributed by atoms with E-state index in [9.17, 15) is 14.4 Å². The van der Waals surface area contributed by atoms with Crippen LogP contribution in [-0.2, 0) is 11.8 Å². The maximum absolute atomic E-state index is 13.9. The third-order valence-corrected chi connectivity index (χ3v) is 8.23. The van der Waals surface area contributed by atoms with Gasteiger partial charge in [0.2, 0.25) is 5.91 Å². The molecule has 1 amide bonds. The van der Waals surface area contributed by atoms with Gasteiger partial charge in [-0.2, -0.15) is 0 Å². The number of nitrogens with one attached hydrogen (secondary N) is 1. The minimum atomic E-state index is -0.627. The average molecular weight is 605 g/mol. The fourth-order valence-corrected chi connectivity index (χ4v) is 5.87. The van der Waals surface area contributed by atoms with Gasteiger partial charge in [0.1, 0.15) is 5.69 Å². The van der Waals surface area contributed by atoms with Crippen LogP contribution >= 0.6 is 27.7 Å². The Morgan fingerprint density at radius 3 is 2.38 bits per heavy atom. The van der Waals surface area contributed by atoms with Crippen LogP contribution in [0, 0.1) is 13.8 Å². The van der Waals surface area contributed by atoms with Crippen LogP contribution in [0.3, 0.4) is 0 Å². The first-order valence-electron chi connectivity index (χ1n) is 12.3. The fourth-order valence-electron chi connectivity index (χ4n) is 4.37. The molecule has 0 radical (unpaired) electrons.